The first kappa shape index (κ1) is 24.6. The van der Waals surface area contributed by atoms with Crippen LogP contribution in [0.2, 0.25) is 0 Å². The van der Waals surface area contributed by atoms with Gasteiger partial charge in [-0.1, -0.05) is 78.9 Å². The van der Waals surface area contributed by atoms with Crippen molar-refractivity contribution < 1.29 is 24.6 Å². The van der Waals surface area contributed by atoms with Gasteiger partial charge in [0, 0.05) is 11.3 Å². The maximum Gasteiger partial charge on any atom is 0.302 e. The number of carbonyl (C=O) groups excluding carboxylic acids is 3. The number of hydrogen-bond donors (Lipinski definition) is 3. The Balaban J connectivity index is 1.76. The quantitative estimate of drug-likeness (QED) is 0.203. The molecule has 0 aliphatic carbocycles. The SMILES string of the molecule is N=C1N(c2ccccc2)C(=O)C2(/C(=C(\O)c3ccccc3)C(=O)C(=O)N2c2ccccc2O)N1c1ccccc1. The Morgan fingerprint density at radius 1 is 0.675 bits per heavy atom. The molecule has 0 saturated carbocycles. The summed E-state index contributed by atoms with van der Waals surface area (Å²) in [6.45, 7) is 0. The van der Waals surface area contributed by atoms with Crippen molar-refractivity contribution in [3.63, 3.8) is 0 Å². The highest BCUT2D eigenvalue weighted by molar-refractivity contribution is 6.57. The molecule has 4 aromatic carbocycles. The maximum absolute atomic E-state index is 14.8. The Morgan fingerprint density at radius 3 is 1.80 bits per heavy atom. The smallest absolute Gasteiger partial charge is 0.302 e. The lowest BCUT2D eigenvalue weighted by Gasteiger charge is -2.39. The molecule has 9 nitrogen and oxygen atoms in total. The van der Waals surface area contributed by atoms with Crippen molar-refractivity contribution in [2.45, 2.75) is 5.66 Å². The number of para-hydroxylation sites is 4. The first-order chi connectivity index (χ1) is 19.4. The lowest BCUT2D eigenvalue weighted by atomic mass is 9.92. The third-order valence-corrected chi connectivity index (χ3v) is 6.98. The summed E-state index contributed by atoms with van der Waals surface area (Å²) in [6.07, 6.45) is 0. The predicted octanol–water partition coefficient (Wildman–Crippen LogP) is 4.46. The molecule has 1 atom stereocenters. The Bertz CT molecular complexity index is 1710. The molecular formula is C31H22N4O5. The van der Waals surface area contributed by atoms with Crippen LogP contribution in [0.4, 0.5) is 17.1 Å². The highest BCUT2D eigenvalue weighted by atomic mass is 16.3. The largest absolute Gasteiger partial charge is 0.507 e. The van der Waals surface area contributed by atoms with Crippen molar-refractivity contribution in [2.24, 2.45) is 0 Å². The summed E-state index contributed by atoms with van der Waals surface area (Å²) >= 11 is 0. The number of hydrogen-bond acceptors (Lipinski definition) is 6. The van der Waals surface area contributed by atoms with Crippen LogP contribution in [-0.2, 0) is 14.4 Å². The molecule has 40 heavy (non-hydrogen) atoms. The number of aliphatic hydroxyl groups is 1. The fourth-order valence-corrected chi connectivity index (χ4v) is 5.29. The molecule has 2 amide bonds. The van der Waals surface area contributed by atoms with Crippen LogP contribution in [0.1, 0.15) is 5.56 Å². The predicted molar refractivity (Wildman–Crippen MR) is 150 cm³/mol. The molecule has 0 radical (unpaired) electrons. The number of benzene rings is 4. The van der Waals surface area contributed by atoms with E-state index >= 15 is 0 Å². The summed E-state index contributed by atoms with van der Waals surface area (Å²) in [5, 5.41) is 31.8. The van der Waals surface area contributed by atoms with Gasteiger partial charge in [-0.2, -0.15) is 0 Å². The molecule has 196 valence electrons. The van der Waals surface area contributed by atoms with Gasteiger partial charge in [0.25, 0.3) is 11.7 Å². The van der Waals surface area contributed by atoms with Crippen LogP contribution in [0.25, 0.3) is 5.76 Å². The van der Waals surface area contributed by atoms with Crippen LogP contribution in [0.15, 0.2) is 121 Å². The van der Waals surface area contributed by atoms with Crippen LogP contribution in [-0.4, -0.2) is 39.4 Å². The van der Waals surface area contributed by atoms with E-state index in [0.717, 1.165) is 9.80 Å². The number of Topliss-reactive ketones (excluding diaryl/α,β-unsaturated/α-hetero) is 1. The Hall–Kier alpha value is -5.70. The highest BCUT2D eigenvalue weighted by Gasteiger charge is 2.72. The minimum Gasteiger partial charge on any atom is -0.507 e. The molecule has 4 aromatic rings. The van der Waals surface area contributed by atoms with Gasteiger partial charge < -0.3 is 10.2 Å². The van der Waals surface area contributed by atoms with Crippen molar-refractivity contribution >= 4 is 46.4 Å². The van der Waals surface area contributed by atoms with Crippen LogP contribution < -0.4 is 14.7 Å². The van der Waals surface area contributed by atoms with Crippen molar-refractivity contribution in [3.05, 3.63) is 126 Å². The number of carbonyl (C=O) groups is 3. The molecule has 9 heteroatoms. The Labute approximate surface area is 228 Å². The molecule has 2 aliphatic rings. The third kappa shape index (κ3) is 3.34. The minimum absolute atomic E-state index is 0.131. The number of nitrogens with zero attached hydrogens (tertiary/aromatic N) is 3. The van der Waals surface area contributed by atoms with Gasteiger partial charge in [0.05, 0.1) is 11.4 Å². The number of phenolic OH excluding ortho intramolecular Hbond substituents is 1. The molecule has 2 saturated heterocycles. The monoisotopic (exact) mass is 530 g/mol. The molecule has 0 aromatic heterocycles. The lowest BCUT2D eigenvalue weighted by Crippen LogP contribution is -2.62. The highest BCUT2D eigenvalue weighted by Crippen LogP contribution is 2.51. The summed E-state index contributed by atoms with van der Waals surface area (Å²) in [7, 11) is 0. The Kier molecular flexibility index (Phi) is 5.69. The second-order valence-electron chi connectivity index (χ2n) is 9.19. The normalized spacial score (nSPS) is 20.1. The van der Waals surface area contributed by atoms with E-state index in [2.05, 4.69) is 0 Å². The molecule has 1 spiro atoms. The zero-order chi connectivity index (χ0) is 28.0. The molecule has 0 bridgehead atoms. The molecular weight excluding hydrogens is 508 g/mol. The average Bonchev–Trinajstić information content (AvgIpc) is 3.35. The second kappa shape index (κ2) is 9.25. The number of phenols is 1. The zero-order valence-corrected chi connectivity index (χ0v) is 20.9. The van der Waals surface area contributed by atoms with Gasteiger partial charge in [0.1, 0.15) is 17.1 Å². The van der Waals surface area contributed by atoms with Gasteiger partial charge in [-0.3, -0.25) is 29.6 Å². The van der Waals surface area contributed by atoms with E-state index in [4.69, 9.17) is 0 Å². The van der Waals surface area contributed by atoms with E-state index in [-0.39, 0.29) is 23.0 Å². The van der Waals surface area contributed by atoms with Gasteiger partial charge in [0.2, 0.25) is 11.6 Å². The first-order valence-corrected chi connectivity index (χ1v) is 12.4. The van der Waals surface area contributed by atoms with Gasteiger partial charge >= 0.3 is 5.91 Å². The van der Waals surface area contributed by atoms with Gasteiger partial charge in [-0.25, -0.2) is 4.90 Å². The fourth-order valence-electron chi connectivity index (χ4n) is 5.29. The number of rotatable bonds is 4. The summed E-state index contributed by atoms with van der Waals surface area (Å²) in [6, 6.07) is 30.7. The number of anilines is 3. The molecule has 2 heterocycles. The van der Waals surface area contributed by atoms with Crippen molar-refractivity contribution in [2.75, 3.05) is 14.7 Å². The summed E-state index contributed by atoms with van der Waals surface area (Å²) in [4.78, 5) is 45.8. The second-order valence-corrected chi connectivity index (χ2v) is 9.19. The molecule has 2 fully saturated rings. The minimum atomic E-state index is -2.39. The lowest BCUT2D eigenvalue weighted by molar-refractivity contribution is -0.132. The average molecular weight is 531 g/mol. The van der Waals surface area contributed by atoms with Crippen molar-refractivity contribution in [3.8, 4) is 5.75 Å². The first-order valence-electron chi connectivity index (χ1n) is 12.4. The standard InChI is InChI=1S/C31H22N4O5/c32-30-33(21-14-6-2-7-15-21)29(40)31(34(30)22-16-8-3-9-17-22)25(26(37)20-12-4-1-5-13-20)27(38)28(39)35(31)23-18-10-11-19-24(23)36/h1-19,32,36-37H/b26-25-,32-30?. The topological polar surface area (TPSA) is 125 Å². The summed E-state index contributed by atoms with van der Waals surface area (Å²) < 4.78 is 0. The van der Waals surface area contributed by atoms with E-state index in [1.54, 1.807) is 97.1 Å². The van der Waals surface area contributed by atoms with Crippen molar-refractivity contribution in [1.29, 1.82) is 5.41 Å². The molecule has 1 unspecified atom stereocenters. The summed E-state index contributed by atoms with van der Waals surface area (Å²) in [5.74, 6) is -4.45. The van der Waals surface area contributed by atoms with E-state index in [1.165, 1.54) is 23.1 Å². The van der Waals surface area contributed by atoms with Crippen LogP contribution in [0.5, 0.6) is 5.75 Å². The van der Waals surface area contributed by atoms with Crippen LogP contribution in [0, 0.1) is 5.41 Å². The molecule has 6 rings (SSSR count). The van der Waals surface area contributed by atoms with Crippen LogP contribution in [0.3, 0.4) is 0 Å². The Morgan fingerprint density at radius 2 is 1.20 bits per heavy atom. The number of aromatic hydroxyl groups is 1. The van der Waals surface area contributed by atoms with E-state index in [1.807, 2.05) is 0 Å². The van der Waals surface area contributed by atoms with E-state index < -0.39 is 34.6 Å². The maximum atomic E-state index is 14.8. The van der Waals surface area contributed by atoms with Crippen molar-refractivity contribution in [1.82, 2.24) is 0 Å². The van der Waals surface area contributed by atoms with Gasteiger partial charge in [-0.15, -0.1) is 0 Å². The number of ketones is 1. The van der Waals surface area contributed by atoms with Crippen LogP contribution >= 0.6 is 0 Å². The number of aliphatic hydroxyl groups excluding tert-OH is 1. The van der Waals surface area contributed by atoms with E-state index in [9.17, 15) is 30.0 Å². The number of nitrogens with one attached hydrogen (secondary N) is 1. The molecule has 3 N–H and O–H groups in total. The van der Waals surface area contributed by atoms with Gasteiger partial charge in [-0.05, 0) is 36.4 Å². The number of amides is 2. The fraction of sp³-hybridized carbons (Fsp3) is 0.0323. The van der Waals surface area contributed by atoms with E-state index in [0.29, 0.717) is 11.4 Å². The number of guanidine groups is 1. The zero-order valence-electron chi connectivity index (χ0n) is 20.9. The molecule has 2 aliphatic heterocycles. The van der Waals surface area contributed by atoms with Gasteiger partial charge in [0.15, 0.2) is 0 Å². The third-order valence-electron chi connectivity index (χ3n) is 6.98. The summed E-state index contributed by atoms with van der Waals surface area (Å²) in [5.41, 5.74) is -2.22.